The Morgan fingerprint density at radius 2 is 2.43 bits per heavy atom. The summed E-state index contributed by atoms with van der Waals surface area (Å²) in [6.45, 7) is 3.39. The number of aromatic nitrogens is 2. The molecule has 1 aromatic heterocycles. The first-order chi connectivity index (χ1) is 6.67. The molecule has 14 heavy (non-hydrogen) atoms. The quantitative estimate of drug-likeness (QED) is 0.726. The number of nitrogens with two attached hydrogens (primary N) is 1. The Bertz CT molecular complexity index is 308. The van der Waals surface area contributed by atoms with E-state index in [1.807, 2.05) is 6.92 Å². The van der Waals surface area contributed by atoms with E-state index in [0.29, 0.717) is 13.1 Å². The van der Waals surface area contributed by atoms with E-state index >= 15 is 0 Å². The first-order valence-electron chi connectivity index (χ1n) is 4.62. The molecule has 1 heterocycles. The summed E-state index contributed by atoms with van der Waals surface area (Å²) in [6.07, 6.45) is 3.47. The lowest BCUT2D eigenvalue weighted by atomic mass is 10.4. The molecule has 78 valence electrons. The van der Waals surface area contributed by atoms with Gasteiger partial charge in [0.15, 0.2) is 0 Å². The summed E-state index contributed by atoms with van der Waals surface area (Å²) in [7, 11) is 1.77. The number of carbonyl (C=O) groups excluding carboxylic acids is 1. The van der Waals surface area contributed by atoms with Gasteiger partial charge in [-0.15, -0.1) is 0 Å². The minimum atomic E-state index is 0.0548. The number of hydrogen-bond donors (Lipinski definition) is 1. The van der Waals surface area contributed by atoms with Gasteiger partial charge >= 0.3 is 0 Å². The highest BCUT2D eigenvalue weighted by molar-refractivity contribution is 5.75. The molecule has 1 amide bonds. The van der Waals surface area contributed by atoms with Crippen LogP contribution in [-0.4, -0.2) is 34.2 Å². The Hall–Kier alpha value is -1.36. The van der Waals surface area contributed by atoms with Crippen LogP contribution in [0.2, 0.25) is 0 Å². The van der Waals surface area contributed by atoms with Crippen LogP contribution in [-0.2, 0) is 17.9 Å². The maximum Gasteiger partial charge on any atom is 0.244 e. The molecule has 0 unspecified atom stereocenters. The average molecular weight is 196 g/mol. The van der Waals surface area contributed by atoms with Crippen molar-refractivity contribution < 1.29 is 4.79 Å². The van der Waals surface area contributed by atoms with Gasteiger partial charge in [0.1, 0.15) is 6.54 Å². The Kier molecular flexibility index (Phi) is 3.64. The first kappa shape index (κ1) is 10.7. The van der Waals surface area contributed by atoms with Gasteiger partial charge in [-0.25, -0.2) is 0 Å². The van der Waals surface area contributed by atoms with Crippen LogP contribution in [0.3, 0.4) is 0 Å². The minimum absolute atomic E-state index is 0.0548. The van der Waals surface area contributed by atoms with Gasteiger partial charge in [-0.2, -0.15) is 5.10 Å². The molecule has 0 bridgehead atoms. The van der Waals surface area contributed by atoms with Crippen molar-refractivity contribution >= 4 is 5.91 Å². The van der Waals surface area contributed by atoms with Crippen molar-refractivity contribution in [3.05, 3.63) is 18.0 Å². The average Bonchev–Trinajstić information content (AvgIpc) is 2.64. The molecule has 1 rings (SSSR count). The number of likely N-dealkylation sites (N-methyl/N-ethyl adjacent to an activating group) is 1. The fourth-order valence-corrected chi connectivity index (χ4v) is 1.03. The molecule has 0 radical (unpaired) electrons. The van der Waals surface area contributed by atoms with E-state index in [1.165, 1.54) is 0 Å². The Labute approximate surface area is 83.5 Å². The van der Waals surface area contributed by atoms with Crippen molar-refractivity contribution in [2.45, 2.75) is 20.0 Å². The summed E-state index contributed by atoms with van der Waals surface area (Å²) >= 11 is 0. The number of amides is 1. The maximum atomic E-state index is 11.5. The fourth-order valence-electron chi connectivity index (χ4n) is 1.03. The lowest BCUT2D eigenvalue weighted by Gasteiger charge is -2.13. The van der Waals surface area contributed by atoms with E-state index < -0.39 is 0 Å². The van der Waals surface area contributed by atoms with Crippen LogP contribution in [0.1, 0.15) is 12.5 Å². The van der Waals surface area contributed by atoms with Crippen molar-refractivity contribution in [1.82, 2.24) is 14.7 Å². The highest BCUT2D eigenvalue weighted by Crippen LogP contribution is 1.96. The maximum absolute atomic E-state index is 11.5. The smallest absolute Gasteiger partial charge is 0.244 e. The Balaban J connectivity index is 2.56. The molecule has 0 aliphatic heterocycles. The van der Waals surface area contributed by atoms with E-state index in [1.54, 1.807) is 29.0 Å². The normalized spacial score (nSPS) is 10.2. The van der Waals surface area contributed by atoms with Gasteiger partial charge in [-0.3, -0.25) is 9.48 Å². The van der Waals surface area contributed by atoms with Gasteiger partial charge in [-0.05, 0) is 6.92 Å². The summed E-state index contributed by atoms with van der Waals surface area (Å²) in [5.41, 5.74) is 6.37. The highest BCUT2D eigenvalue weighted by Gasteiger charge is 2.07. The fraction of sp³-hybridized carbons (Fsp3) is 0.556. The summed E-state index contributed by atoms with van der Waals surface area (Å²) in [6, 6.07) is 0. The second kappa shape index (κ2) is 4.76. The topological polar surface area (TPSA) is 64.2 Å². The van der Waals surface area contributed by atoms with E-state index in [-0.39, 0.29) is 12.5 Å². The molecule has 2 N–H and O–H groups in total. The van der Waals surface area contributed by atoms with Crippen molar-refractivity contribution in [3.8, 4) is 0 Å². The van der Waals surface area contributed by atoms with E-state index in [4.69, 9.17) is 5.73 Å². The van der Waals surface area contributed by atoms with E-state index in [2.05, 4.69) is 5.10 Å². The van der Waals surface area contributed by atoms with Crippen molar-refractivity contribution in [2.24, 2.45) is 5.73 Å². The largest absolute Gasteiger partial charge is 0.344 e. The predicted molar refractivity (Wildman–Crippen MR) is 53.4 cm³/mol. The number of hydrogen-bond acceptors (Lipinski definition) is 3. The third kappa shape index (κ3) is 2.56. The van der Waals surface area contributed by atoms with Crippen LogP contribution in [0, 0.1) is 0 Å². The number of rotatable bonds is 4. The Morgan fingerprint density at radius 1 is 1.71 bits per heavy atom. The second-order valence-electron chi connectivity index (χ2n) is 3.16. The van der Waals surface area contributed by atoms with Gasteiger partial charge < -0.3 is 10.6 Å². The standard InChI is InChI=1S/C9H16N4O/c1-3-12(2)9(14)7-13-6-8(4-10)5-11-13/h5-6H,3-4,7,10H2,1-2H3. The first-order valence-corrected chi connectivity index (χ1v) is 4.62. The predicted octanol–water partition coefficient (Wildman–Crippen LogP) is -0.180. The molecule has 5 nitrogen and oxygen atoms in total. The lowest BCUT2D eigenvalue weighted by Crippen LogP contribution is -2.30. The zero-order valence-corrected chi connectivity index (χ0v) is 8.60. The van der Waals surface area contributed by atoms with Crippen LogP contribution in [0.15, 0.2) is 12.4 Å². The van der Waals surface area contributed by atoms with Gasteiger partial charge in [0.05, 0.1) is 6.20 Å². The molecular formula is C9H16N4O. The van der Waals surface area contributed by atoms with Crippen molar-refractivity contribution in [2.75, 3.05) is 13.6 Å². The molecule has 0 saturated heterocycles. The van der Waals surface area contributed by atoms with Crippen molar-refractivity contribution in [3.63, 3.8) is 0 Å². The third-order valence-electron chi connectivity index (χ3n) is 2.12. The SMILES string of the molecule is CCN(C)C(=O)Cn1cc(CN)cn1. The molecule has 0 saturated carbocycles. The molecule has 0 spiro atoms. The molecule has 0 aliphatic rings. The van der Waals surface area contributed by atoms with Gasteiger partial charge in [0.2, 0.25) is 5.91 Å². The molecule has 5 heteroatoms. The van der Waals surface area contributed by atoms with Crippen LogP contribution in [0.4, 0.5) is 0 Å². The molecule has 0 aromatic carbocycles. The van der Waals surface area contributed by atoms with Crippen molar-refractivity contribution in [1.29, 1.82) is 0 Å². The highest BCUT2D eigenvalue weighted by atomic mass is 16.2. The Morgan fingerprint density at radius 3 is 2.93 bits per heavy atom. The lowest BCUT2D eigenvalue weighted by molar-refractivity contribution is -0.130. The second-order valence-corrected chi connectivity index (χ2v) is 3.16. The van der Waals surface area contributed by atoms with Crippen LogP contribution >= 0.6 is 0 Å². The number of carbonyl (C=O) groups is 1. The summed E-state index contributed by atoms with van der Waals surface area (Å²) < 4.78 is 1.61. The summed E-state index contributed by atoms with van der Waals surface area (Å²) in [5.74, 6) is 0.0548. The molecule has 1 aromatic rings. The summed E-state index contributed by atoms with van der Waals surface area (Å²) in [5, 5.41) is 4.03. The number of nitrogens with zero attached hydrogens (tertiary/aromatic N) is 3. The van der Waals surface area contributed by atoms with Gasteiger partial charge in [0, 0.05) is 31.9 Å². The molecule has 0 fully saturated rings. The molecule has 0 atom stereocenters. The van der Waals surface area contributed by atoms with E-state index in [0.717, 1.165) is 5.56 Å². The molecule has 0 aliphatic carbocycles. The monoisotopic (exact) mass is 196 g/mol. The van der Waals surface area contributed by atoms with Crippen LogP contribution < -0.4 is 5.73 Å². The van der Waals surface area contributed by atoms with E-state index in [9.17, 15) is 4.79 Å². The zero-order chi connectivity index (χ0) is 10.6. The van der Waals surface area contributed by atoms with Gasteiger partial charge in [0.25, 0.3) is 0 Å². The minimum Gasteiger partial charge on any atom is -0.344 e. The third-order valence-corrected chi connectivity index (χ3v) is 2.12. The molecular weight excluding hydrogens is 180 g/mol. The van der Waals surface area contributed by atoms with Crippen LogP contribution in [0.25, 0.3) is 0 Å². The van der Waals surface area contributed by atoms with Crippen LogP contribution in [0.5, 0.6) is 0 Å². The summed E-state index contributed by atoms with van der Waals surface area (Å²) in [4.78, 5) is 13.1. The van der Waals surface area contributed by atoms with Gasteiger partial charge in [-0.1, -0.05) is 0 Å². The zero-order valence-electron chi connectivity index (χ0n) is 8.60.